The van der Waals surface area contributed by atoms with Crippen molar-refractivity contribution in [2.45, 2.75) is 18.8 Å². The standard InChI is InChI=1S/C20H25N5O/c1-21-19-18-16(22-20(23-19)25-10-8-24(2)9-11-25)12-15(13-17(18)26)14-6-4-3-5-7-14/h3-7,15H,8-13H2,1-2H3,(H,21,22,23)/t15-/m1/s1. The predicted molar refractivity (Wildman–Crippen MR) is 103 cm³/mol. The summed E-state index contributed by atoms with van der Waals surface area (Å²) in [6.45, 7) is 3.82. The molecule has 0 amide bonds. The van der Waals surface area contributed by atoms with Crippen LogP contribution >= 0.6 is 0 Å². The molecular weight excluding hydrogens is 326 g/mol. The topological polar surface area (TPSA) is 61.4 Å². The Balaban J connectivity index is 1.69. The van der Waals surface area contributed by atoms with E-state index in [9.17, 15) is 4.79 Å². The van der Waals surface area contributed by atoms with Gasteiger partial charge in [0.1, 0.15) is 5.82 Å². The van der Waals surface area contributed by atoms with E-state index >= 15 is 0 Å². The number of piperazine rings is 1. The fraction of sp³-hybridized carbons (Fsp3) is 0.450. The number of hydrogen-bond donors (Lipinski definition) is 1. The molecular formula is C20H25N5O. The van der Waals surface area contributed by atoms with Gasteiger partial charge in [-0.2, -0.15) is 4.98 Å². The lowest BCUT2D eigenvalue weighted by Crippen LogP contribution is -2.45. The summed E-state index contributed by atoms with van der Waals surface area (Å²) in [7, 11) is 3.96. The molecule has 1 aliphatic heterocycles. The number of Topliss-reactive ketones (excluding diaryl/α,β-unsaturated/α-hetero) is 1. The second-order valence-electron chi connectivity index (χ2n) is 7.17. The van der Waals surface area contributed by atoms with Gasteiger partial charge in [0.25, 0.3) is 0 Å². The number of fused-ring (bicyclic) bond motifs is 1. The van der Waals surface area contributed by atoms with E-state index < -0.39 is 0 Å². The minimum atomic E-state index is 0.134. The molecule has 1 aromatic carbocycles. The van der Waals surface area contributed by atoms with Crippen LogP contribution in [0, 0.1) is 0 Å². The lowest BCUT2D eigenvalue weighted by atomic mass is 9.82. The Bertz CT molecular complexity index is 799. The van der Waals surface area contributed by atoms with Crippen molar-refractivity contribution in [3.05, 3.63) is 47.2 Å². The molecule has 1 fully saturated rings. The van der Waals surface area contributed by atoms with E-state index in [-0.39, 0.29) is 11.7 Å². The van der Waals surface area contributed by atoms with Gasteiger partial charge in [0.2, 0.25) is 5.95 Å². The SMILES string of the molecule is CNc1nc(N2CCN(C)CC2)nc2c1C(=O)C[C@H](c1ccccc1)C2. The molecule has 2 aliphatic rings. The van der Waals surface area contributed by atoms with Gasteiger partial charge in [0.05, 0.1) is 11.3 Å². The van der Waals surface area contributed by atoms with Crippen LogP contribution in [0.2, 0.25) is 0 Å². The van der Waals surface area contributed by atoms with Gasteiger partial charge in [-0.3, -0.25) is 4.79 Å². The zero-order chi connectivity index (χ0) is 18.1. The highest BCUT2D eigenvalue weighted by molar-refractivity contribution is 6.03. The first kappa shape index (κ1) is 17.0. The summed E-state index contributed by atoms with van der Waals surface area (Å²) in [5.41, 5.74) is 2.76. The quantitative estimate of drug-likeness (QED) is 0.915. The van der Waals surface area contributed by atoms with Crippen LogP contribution < -0.4 is 10.2 Å². The molecule has 1 atom stereocenters. The minimum Gasteiger partial charge on any atom is -0.372 e. The lowest BCUT2D eigenvalue weighted by molar-refractivity contribution is 0.0963. The van der Waals surface area contributed by atoms with Crippen molar-refractivity contribution in [2.24, 2.45) is 0 Å². The predicted octanol–water partition coefficient (Wildman–Crippen LogP) is 2.18. The van der Waals surface area contributed by atoms with Gasteiger partial charge in [-0.15, -0.1) is 0 Å². The molecule has 1 aromatic heterocycles. The highest BCUT2D eigenvalue weighted by Gasteiger charge is 2.31. The first-order chi connectivity index (χ1) is 12.7. The van der Waals surface area contributed by atoms with E-state index in [0.29, 0.717) is 17.8 Å². The van der Waals surface area contributed by atoms with Gasteiger partial charge in [-0.05, 0) is 24.9 Å². The van der Waals surface area contributed by atoms with E-state index in [1.165, 1.54) is 5.56 Å². The summed E-state index contributed by atoms with van der Waals surface area (Å²) in [5.74, 6) is 1.73. The molecule has 0 saturated carbocycles. The van der Waals surface area contributed by atoms with Gasteiger partial charge in [-0.25, -0.2) is 4.98 Å². The summed E-state index contributed by atoms with van der Waals surface area (Å²) in [4.78, 5) is 26.9. The summed E-state index contributed by atoms with van der Waals surface area (Å²) < 4.78 is 0. The van der Waals surface area contributed by atoms with Crippen molar-refractivity contribution in [3.63, 3.8) is 0 Å². The van der Waals surface area contributed by atoms with Crippen molar-refractivity contribution in [2.75, 3.05) is 50.5 Å². The van der Waals surface area contributed by atoms with Crippen molar-refractivity contribution in [1.29, 1.82) is 0 Å². The highest BCUT2D eigenvalue weighted by Crippen LogP contribution is 2.35. The zero-order valence-corrected chi connectivity index (χ0v) is 15.4. The molecule has 0 spiro atoms. The Morgan fingerprint density at radius 1 is 1.04 bits per heavy atom. The Morgan fingerprint density at radius 2 is 1.77 bits per heavy atom. The molecule has 136 valence electrons. The Kier molecular flexibility index (Phi) is 4.59. The average Bonchev–Trinajstić information content (AvgIpc) is 2.68. The number of nitrogens with zero attached hydrogens (tertiary/aromatic N) is 4. The van der Waals surface area contributed by atoms with E-state index in [4.69, 9.17) is 4.98 Å². The monoisotopic (exact) mass is 351 g/mol. The first-order valence-electron chi connectivity index (χ1n) is 9.26. The van der Waals surface area contributed by atoms with Crippen LogP contribution in [0.3, 0.4) is 0 Å². The molecule has 1 aliphatic carbocycles. The average molecular weight is 351 g/mol. The van der Waals surface area contributed by atoms with Crippen LogP contribution in [-0.2, 0) is 6.42 Å². The third kappa shape index (κ3) is 3.17. The van der Waals surface area contributed by atoms with Crippen molar-refractivity contribution in [3.8, 4) is 0 Å². The number of anilines is 2. The number of likely N-dealkylation sites (N-methyl/N-ethyl adjacent to an activating group) is 1. The molecule has 2 aromatic rings. The van der Waals surface area contributed by atoms with E-state index in [1.807, 2.05) is 25.2 Å². The largest absolute Gasteiger partial charge is 0.372 e. The van der Waals surface area contributed by atoms with Crippen LogP contribution in [-0.4, -0.2) is 60.9 Å². The Labute approximate surface area is 154 Å². The molecule has 0 bridgehead atoms. The lowest BCUT2D eigenvalue weighted by Gasteiger charge is -2.33. The second-order valence-corrected chi connectivity index (χ2v) is 7.17. The van der Waals surface area contributed by atoms with Crippen LogP contribution in [0.15, 0.2) is 30.3 Å². The van der Waals surface area contributed by atoms with Crippen LogP contribution in [0.5, 0.6) is 0 Å². The number of benzene rings is 1. The maximum absolute atomic E-state index is 12.8. The highest BCUT2D eigenvalue weighted by atomic mass is 16.1. The van der Waals surface area contributed by atoms with Crippen LogP contribution in [0.1, 0.15) is 34.0 Å². The van der Waals surface area contributed by atoms with Crippen molar-refractivity contribution in [1.82, 2.24) is 14.9 Å². The third-order valence-electron chi connectivity index (χ3n) is 5.42. The molecule has 1 N–H and O–H groups in total. The van der Waals surface area contributed by atoms with E-state index in [2.05, 4.69) is 39.3 Å². The molecule has 0 radical (unpaired) electrons. The van der Waals surface area contributed by atoms with Crippen molar-refractivity contribution < 1.29 is 4.79 Å². The zero-order valence-electron chi connectivity index (χ0n) is 15.4. The van der Waals surface area contributed by atoms with E-state index in [0.717, 1.165) is 44.2 Å². The number of carbonyl (C=O) groups is 1. The molecule has 2 heterocycles. The summed E-state index contributed by atoms with van der Waals surface area (Å²) >= 11 is 0. The second kappa shape index (κ2) is 7.03. The van der Waals surface area contributed by atoms with E-state index in [1.54, 1.807) is 0 Å². The molecule has 6 nitrogen and oxygen atoms in total. The first-order valence-corrected chi connectivity index (χ1v) is 9.26. The van der Waals surface area contributed by atoms with Gasteiger partial charge < -0.3 is 15.1 Å². The maximum atomic E-state index is 12.8. The molecule has 26 heavy (non-hydrogen) atoms. The fourth-order valence-electron chi connectivity index (χ4n) is 3.86. The fourth-order valence-corrected chi connectivity index (χ4v) is 3.86. The normalized spacial score (nSPS) is 20.8. The van der Waals surface area contributed by atoms with Crippen LogP contribution in [0.25, 0.3) is 0 Å². The summed E-state index contributed by atoms with van der Waals surface area (Å²) in [6, 6.07) is 10.3. The molecule has 4 rings (SSSR count). The number of ketones is 1. The van der Waals surface area contributed by atoms with Gasteiger partial charge in [0, 0.05) is 39.6 Å². The summed E-state index contributed by atoms with van der Waals surface area (Å²) in [6.07, 6.45) is 1.30. The summed E-state index contributed by atoms with van der Waals surface area (Å²) in [5, 5.41) is 3.12. The maximum Gasteiger partial charge on any atom is 0.227 e. The van der Waals surface area contributed by atoms with Crippen molar-refractivity contribution >= 4 is 17.5 Å². The number of rotatable bonds is 3. The van der Waals surface area contributed by atoms with Gasteiger partial charge >= 0.3 is 0 Å². The third-order valence-corrected chi connectivity index (χ3v) is 5.42. The smallest absolute Gasteiger partial charge is 0.227 e. The number of hydrogen-bond acceptors (Lipinski definition) is 6. The Morgan fingerprint density at radius 3 is 2.46 bits per heavy atom. The van der Waals surface area contributed by atoms with Gasteiger partial charge in [0.15, 0.2) is 5.78 Å². The molecule has 6 heteroatoms. The number of nitrogens with one attached hydrogen (secondary N) is 1. The Hall–Kier alpha value is -2.47. The minimum absolute atomic E-state index is 0.134. The molecule has 0 unspecified atom stereocenters. The molecule has 1 saturated heterocycles. The van der Waals surface area contributed by atoms with Crippen LogP contribution in [0.4, 0.5) is 11.8 Å². The van der Waals surface area contributed by atoms with Gasteiger partial charge in [-0.1, -0.05) is 30.3 Å². The number of carbonyl (C=O) groups excluding carboxylic acids is 1. The number of aromatic nitrogens is 2.